The highest BCUT2D eigenvalue weighted by atomic mass is 16.5. The number of rotatable bonds is 2. The average Bonchev–Trinajstić information content (AvgIpc) is 2.57. The van der Waals surface area contributed by atoms with Crippen LogP contribution in [0.25, 0.3) is 0 Å². The fourth-order valence-corrected chi connectivity index (χ4v) is 3.87. The van der Waals surface area contributed by atoms with Crippen LogP contribution < -0.4 is 5.73 Å². The van der Waals surface area contributed by atoms with Crippen molar-refractivity contribution in [1.29, 1.82) is 0 Å². The second-order valence-corrected chi connectivity index (χ2v) is 6.75. The molecule has 1 amide bonds. The molecule has 1 aromatic rings. The van der Waals surface area contributed by atoms with Crippen LogP contribution in [0.2, 0.25) is 0 Å². The van der Waals surface area contributed by atoms with Crippen LogP contribution in [0.5, 0.6) is 5.75 Å². The Morgan fingerprint density at radius 2 is 2.09 bits per heavy atom. The quantitative estimate of drug-likeness (QED) is 0.873. The van der Waals surface area contributed by atoms with E-state index in [0.717, 1.165) is 49.0 Å². The van der Waals surface area contributed by atoms with Crippen LogP contribution in [0.15, 0.2) is 12.1 Å². The number of phenolic OH excluding ortho intramolecular Hbond substituents is 1. The SMILES string of the molecule is CC(=O)N1CCC(C2Cc3c(ccc(C)c3O)C(CN)O2)CC1. The van der Waals surface area contributed by atoms with Crippen molar-refractivity contribution in [2.45, 2.75) is 45.3 Å². The molecule has 2 unspecified atom stereocenters. The summed E-state index contributed by atoms with van der Waals surface area (Å²) in [6.07, 6.45) is 2.54. The third-order valence-corrected chi connectivity index (χ3v) is 5.34. The molecule has 3 rings (SSSR count). The number of hydrogen-bond donors (Lipinski definition) is 2. The number of carbonyl (C=O) groups is 1. The predicted octanol–water partition coefficient (Wildman–Crippen LogP) is 1.90. The zero-order valence-electron chi connectivity index (χ0n) is 13.9. The van der Waals surface area contributed by atoms with Crippen LogP contribution in [0.1, 0.15) is 42.6 Å². The Morgan fingerprint density at radius 3 is 2.70 bits per heavy atom. The number of aryl methyl sites for hydroxylation is 1. The molecule has 3 N–H and O–H groups in total. The number of nitrogens with two attached hydrogens (primary N) is 1. The molecular formula is C18H26N2O3. The average molecular weight is 318 g/mol. The van der Waals surface area contributed by atoms with Crippen LogP contribution >= 0.6 is 0 Å². The minimum Gasteiger partial charge on any atom is -0.507 e. The largest absolute Gasteiger partial charge is 0.507 e. The molecule has 0 spiro atoms. The van der Waals surface area contributed by atoms with E-state index in [9.17, 15) is 9.90 Å². The van der Waals surface area contributed by atoms with Crippen molar-refractivity contribution in [2.75, 3.05) is 19.6 Å². The maximum absolute atomic E-state index is 11.5. The molecular weight excluding hydrogens is 292 g/mol. The van der Waals surface area contributed by atoms with E-state index in [1.807, 2.05) is 24.0 Å². The molecule has 0 aliphatic carbocycles. The first kappa shape index (κ1) is 16.3. The van der Waals surface area contributed by atoms with Crippen molar-refractivity contribution >= 4 is 5.91 Å². The zero-order valence-corrected chi connectivity index (χ0v) is 13.9. The van der Waals surface area contributed by atoms with E-state index in [0.29, 0.717) is 18.2 Å². The third kappa shape index (κ3) is 3.08. The van der Waals surface area contributed by atoms with Crippen LogP contribution in [0, 0.1) is 12.8 Å². The molecule has 0 bridgehead atoms. The van der Waals surface area contributed by atoms with Gasteiger partial charge in [0.2, 0.25) is 5.91 Å². The lowest BCUT2D eigenvalue weighted by molar-refractivity contribution is -0.131. The van der Waals surface area contributed by atoms with Gasteiger partial charge in [0.1, 0.15) is 5.75 Å². The van der Waals surface area contributed by atoms with Crippen molar-refractivity contribution in [3.8, 4) is 5.75 Å². The minimum absolute atomic E-state index is 0.0675. The van der Waals surface area contributed by atoms with Gasteiger partial charge in [-0.1, -0.05) is 12.1 Å². The number of amides is 1. The Labute approximate surface area is 137 Å². The van der Waals surface area contributed by atoms with Gasteiger partial charge in [0.05, 0.1) is 12.2 Å². The van der Waals surface area contributed by atoms with Gasteiger partial charge >= 0.3 is 0 Å². The highest BCUT2D eigenvalue weighted by molar-refractivity contribution is 5.73. The normalized spacial score (nSPS) is 25.3. The van der Waals surface area contributed by atoms with Gasteiger partial charge in [0, 0.05) is 38.5 Å². The van der Waals surface area contributed by atoms with Crippen molar-refractivity contribution < 1.29 is 14.6 Å². The lowest BCUT2D eigenvalue weighted by Crippen LogP contribution is -2.43. The summed E-state index contributed by atoms with van der Waals surface area (Å²) in [5, 5.41) is 10.4. The molecule has 2 aliphatic heterocycles. The monoisotopic (exact) mass is 318 g/mol. The first-order valence-corrected chi connectivity index (χ1v) is 8.43. The van der Waals surface area contributed by atoms with E-state index in [2.05, 4.69) is 0 Å². The molecule has 5 heteroatoms. The predicted molar refractivity (Wildman–Crippen MR) is 88.2 cm³/mol. The van der Waals surface area contributed by atoms with Crippen LogP contribution in [-0.2, 0) is 16.0 Å². The van der Waals surface area contributed by atoms with Gasteiger partial charge in [-0.3, -0.25) is 4.79 Å². The van der Waals surface area contributed by atoms with Gasteiger partial charge in [-0.2, -0.15) is 0 Å². The summed E-state index contributed by atoms with van der Waals surface area (Å²) in [5.41, 5.74) is 8.81. The molecule has 1 fully saturated rings. The number of benzene rings is 1. The van der Waals surface area contributed by atoms with Crippen molar-refractivity contribution in [3.05, 3.63) is 28.8 Å². The molecule has 126 valence electrons. The standard InChI is InChI=1S/C18H26N2O3/c1-11-3-4-14-15(18(11)22)9-16(23-17(14)10-19)13-5-7-20(8-6-13)12(2)21/h3-4,13,16-17,22H,5-10,19H2,1-2H3. The van der Waals surface area contributed by atoms with E-state index in [1.54, 1.807) is 6.92 Å². The van der Waals surface area contributed by atoms with Gasteiger partial charge < -0.3 is 20.5 Å². The molecule has 1 saturated heterocycles. The molecule has 2 heterocycles. The number of likely N-dealkylation sites (tertiary alicyclic amines) is 1. The van der Waals surface area contributed by atoms with Crippen LogP contribution in [0.3, 0.4) is 0 Å². The maximum atomic E-state index is 11.5. The number of hydrogen-bond acceptors (Lipinski definition) is 4. The van der Waals surface area contributed by atoms with Crippen LogP contribution in [0.4, 0.5) is 0 Å². The second kappa shape index (κ2) is 6.49. The lowest BCUT2D eigenvalue weighted by atomic mass is 9.83. The van der Waals surface area contributed by atoms with E-state index < -0.39 is 0 Å². The van der Waals surface area contributed by atoms with E-state index in [4.69, 9.17) is 10.5 Å². The topological polar surface area (TPSA) is 75.8 Å². The van der Waals surface area contributed by atoms with Gasteiger partial charge in [0.25, 0.3) is 0 Å². The molecule has 23 heavy (non-hydrogen) atoms. The van der Waals surface area contributed by atoms with E-state index >= 15 is 0 Å². The molecule has 2 aliphatic rings. The Bertz CT molecular complexity index is 594. The molecule has 2 atom stereocenters. The van der Waals surface area contributed by atoms with Crippen LogP contribution in [-0.4, -0.2) is 41.7 Å². The van der Waals surface area contributed by atoms with Gasteiger partial charge in [0.15, 0.2) is 0 Å². The molecule has 0 saturated carbocycles. The third-order valence-electron chi connectivity index (χ3n) is 5.34. The number of aromatic hydroxyl groups is 1. The van der Waals surface area contributed by atoms with Crippen molar-refractivity contribution in [3.63, 3.8) is 0 Å². The summed E-state index contributed by atoms with van der Waals surface area (Å²) in [4.78, 5) is 13.4. The van der Waals surface area contributed by atoms with Gasteiger partial charge in [-0.25, -0.2) is 0 Å². The van der Waals surface area contributed by atoms with Gasteiger partial charge in [-0.05, 0) is 36.8 Å². The molecule has 0 radical (unpaired) electrons. The number of fused-ring (bicyclic) bond motifs is 1. The smallest absolute Gasteiger partial charge is 0.219 e. The highest BCUT2D eigenvalue weighted by Crippen LogP contribution is 2.40. The number of ether oxygens (including phenoxy) is 1. The minimum atomic E-state index is -0.152. The number of piperidine rings is 1. The summed E-state index contributed by atoms with van der Waals surface area (Å²) in [5.74, 6) is 0.939. The Balaban J connectivity index is 1.78. The molecule has 5 nitrogen and oxygen atoms in total. The van der Waals surface area contributed by atoms with Gasteiger partial charge in [-0.15, -0.1) is 0 Å². The van der Waals surface area contributed by atoms with E-state index in [-0.39, 0.29) is 18.1 Å². The number of carbonyl (C=O) groups excluding carboxylic acids is 1. The summed E-state index contributed by atoms with van der Waals surface area (Å²) < 4.78 is 6.25. The maximum Gasteiger partial charge on any atom is 0.219 e. The summed E-state index contributed by atoms with van der Waals surface area (Å²) in [7, 11) is 0. The Kier molecular flexibility index (Phi) is 4.60. The summed E-state index contributed by atoms with van der Waals surface area (Å²) in [6.45, 7) is 5.54. The number of phenols is 1. The fourth-order valence-electron chi connectivity index (χ4n) is 3.87. The molecule has 1 aromatic carbocycles. The second-order valence-electron chi connectivity index (χ2n) is 6.75. The highest BCUT2D eigenvalue weighted by Gasteiger charge is 2.35. The summed E-state index contributed by atoms with van der Waals surface area (Å²) >= 11 is 0. The Morgan fingerprint density at radius 1 is 1.39 bits per heavy atom. The fraction of sp³-hybridized carbons (Fsp3) is 0.611. The molecule has 0 aromatic heterocycles. The lowest BCUT2D eigenvalue weighted by Gasteiger charge is -2.40. The van der Waals surface area contributed by atoms with E-state index in [1.165, 1.54) is 0 Å². The zero-order chi connectivity index (χ0) is 16.6. The summed E-state index contributed by atoms with van der Waals surface area (Å²) in [6, 6.07) is 3.95. The Hall–Kier alpha value is -1.59. The van der Waals surface area contributed by atoms with Crippen molar-refractivity contribution in [1.82, 2.24) is 4.90 Å². The van der Waals surface area contributed by atoms with Crippen molar-refractivity contribution in [2.24, 2.45) is 11.7 Å². The number of nitrogens with zero attached hydrogens (tertiary/aromatic N) is 1. The first-order chi connectivity index (χ1) is 11.0. The first-order valence-electron chi connectivity index (χ1n) is 8.43.